The Morgan fingerprint density at radius 1 is 1.19 bits per heavy atom. The van der Waals surface area contributed by atoms with Gasteiger partial charge in [-0.3, -0.25) is 4.72 Å². The first kappa shape index (κ1) is 18.2. The fourth-order valence-electron chi connectivity index (χ4n) is 3.29. The minimum absolute atomic E-state index is 0.543. The van der Waals surface area contributed by atoms with Crippen LogP contribution in [0.4, 0.5) is 5.69 Å². The first-order valence-electron chi connectivity index (χ1n) is 8.40. The van der Waals surface area contributed by atoms with Crippen molar-refractivity contribution in [3.63, 3.8) is 0 Å². The molecule has 0 aliphatic heterocycles. The molecule has 0 amide bonds. The normalized spacial score (nSPS) is 15.1. The molecule has 0 unspecified atom stereocenters. The van der Waals surface area contributed by atoms with E-state index in [-0.39, 0.29) is 0 Å². The molecule has 2 aromatic carbocycles. The molecule has 0 saturated heterocycles. The van der Waals surface area contributed by atoms with Gasteiger partial charge in [0.25, 0.3) is 0 Å². The second-order valence-corrected chi connectivity index (χ2v) is 9.53. The van der Waals surface area contributed by atoms with E-state index in [0.29, 0.717) is 5.69 Å². The van der Waals surface area contributed by atoms with Crippen LogP contribution in [-0.4, -0.2) is 19.7 Å². The number of aromatic nitrogens is 1. The van der Waals surface area contributed by atoms with E-state index in [1.807, 2.05) is 35.8 Å². The third-order valence-corrected chi connectivity index (χ3v) is 6.12. The van der Waals surface area contributed by atoms with Crippen molar-refractivity contribution in [2.45, 2.75) is 12.8 Å². The quantitative estimate of drug-likeness (QED) is 0.663. The Hall–Kier alpha value is -2.15. The van der Waals surface area contributed by atoms with E-state index < -0.39 is 10.0 Å². The zero-order valence-corrected chi connectivity index (χ0v) is 17.0. The Bertz CT molecular complexity index is 1150. The number of anilines is 1. The highest BCUT2D eigenvalue weighted by Crippen LogP contribution is 2.38. The number of aryl methyl sites for hydroxylation is 2. The van der Waals surface area contributed by atoms with Gasteiger partial charge < -0.3 is 0 Å². The monoisotopic (exact) mass is 416 g/mol. The lowest BCUT2D eigenvalue weighted by molar-refractivity contribution is 0.607. The highest BCUT2D eigenvalue weighted by Gasteiger charge is 2.20. The van der Waals surface area contributed by atoms with Gasteiger partial charge in [-0.15, -0.1) is 11.3 Å². The number of hydrogen-bond acceptors (Lipinski definition) is 4. The van der Waals surface area contributed by atoms with Gasteiger partial charge in [-0.1, -0.05) is 29.8 Å². The standard InChI is InChI=1S/C20H17ClN2O2S2/c1-27(24,25)23-16-4-2-3-13(9-16)10-18-17-7-6-15(21)11-14(17)5-8-19-20(18)26-12-22-19/h2-4,6-7,9-12,23H,5,8H2,1H3. The van der Waals surface area contributed by atoms with Gasteiger partial charge in [0, 0.05) is 16.3 Å². The fraction of sp³-hybridized carbons (Fsp3) is 0.150. The number of benzene rings is 2. The largest absolute Gasteiger partial charge is 0.284 e. The van der Waals surface area contributed by atoms with Crippen LogP contribution >= 0.6 is 22.9 Å². The third-order valence-electron chi connectivity index (χ3n) is 4.38. The van der Waals surface area contributed by atoms with Gasteiger partial charge in [-0.2, -0.15) is 0 Å². The minimum Gasteiger partial charge on any atom is -0.284 e. The van der Waals surface area contributed by atoms with Crippen molar-refractivity contribution in [1.82, 2.24) is 4.98 Å². The molecule has 27 heavy (non-hydrogen) atoms. The van der Waals surface area contributed by atoms with Crippen molar-refractivity contribution in [3.8, 4) is 0 Å². The van der Waals surface area contributed by atoms with E-state index in [2.05, 4.69) is 21.8 Å². The molecule has 1 aromatic heterocycles. The van der Waals surface area contributed by atoms with E-state index in [4.69, 9.17) is 11.6 Å². The molecule has 0 radical (unpaired) electrons. The second-order valence-electron chi connectivity index (χ2n) is 6.49. The number of rotatable bonds is 3. The zero-order chi connectivity index (χ0) is 19.0. The van der Waals surface area contributed by atoms with E-state index in [1.165, 1.54) is 5.56 Å². The maximum Gasteiger partial charge on any atom is 0.229 e. The Balaban J connectivity index is 1.85. The summed E-state index contributed by atoms with van der Waals surface area (Å²) in [7, 11) is -3.32. The summed E-state index contributed by atoms with van der Waals surface area (Å²) in [5, 5.41) is 0.727. The molecule has 7 heteroatoms. The van der Waals surface area contributed by atoms with Crippen LogP contribution in [0.3, 0.4) is 0 Å². The van der Waals surface area contributed by atoms with Gasteiger partial charge >= 0.3 is 0 Å². The molecule has 0 bridgehead atoms. The molecule has 0 fully saturated rings. The van der Waals surface area contributed by atoms with Crippen LogP contribution in [0, 0.1) is 0 Å². The molecule has 1 aliphatic carbocycles. The molecule has 138 valence electrons. The average molecular weight is 417 g/mol. The van der Waals surface area contributed by atoms with E-state index in [9.17, 15) is 8.42 Å². The summed E-state index contributed by atoms with van der Waals surface area (Å²) in [4.78, 5) is 5.68. The third kappa shape index (κ3) is 4.08. The summed E-state index contributed by atoms with van der Waals surface area (Å²) in [5.74, 6) is 0. The van der Waals surface area contributed by atoms with Crippen molar-refractivity contribution in [2.75, 3.05) is 11.0 Å². The van der Waals surface area contributed by atoms with Crippen LogP contribution in [-0.2, 0) is 22.9 Å². The van der Waals surface area contributed by atoms with Crippen LogP contribution in [0.5, 0.6) is 0 Å². The lowest BCUT2D eigenvalue weighted by Crippen LogP contribution is -2.09. The van der Waals surface area contributed by atoms with Crippen LogP contribution in [0.25, 0.3) is 11.6 Å². The number of halogens is 1. The summed E-state index contributed by atoms with van der Waals surface area (Å²) < 4.78 is 25.6. The van der Waals surface area contributed by atoms with Crippen LogP contribution < -0.4 is 4.72 Å². The van der Waals surface area contributed by atoms with Crippen molar-refractivity contribution in [2.24, 2.45) is 0 Å². The first-order chi connectivity index (χ1) is 12.9. The molecule has 0 atom stereocenters. The molecule has 3 aromatic rings. The molecule has 1 aliphatic rings. The smallest absolute Gasteiger partial charge is 0.229 e. The molecule has 0 saturated carbocycles. The molecular weight excluding hydrogens is 400 g/mol. The highest BCUT2D eigenvalue weighted by atomic mass is 35.5. The predicted octanol–water partition coefficient (Wildman–Crippen LogP) is 4.86. The lowest BCUT2D eigenvalue weighted by Gasteiger charge is -2.11. The van der Waals surface area contributed by atoms with Crippen molar-refractivity contribution >= 4 is 50.3 Å². The van der Waals surface area contributed by atoms with Gasteiger partial charge in [0.05, 0.1) is 22.3 Å². The maximum atomic E-state index is 11.5. The predicted molar refractivity (Wildman–Crippen MR) is 113 cm³/mol. The molecular formula is C20H17ClN2O2S2. The van der Waals surface area contributed by atoms with Gasteiger partial charge in [0.15, 0.2) is 0 Å². The topological polar surface area (TPSA) is 59.1 Å². The highest BCUT2D eigenvalue weighted by molar-refractivity contribution is 7.92. The van der Waals surface area contributed by atoms with Gasteiger partial charge in [-0.25, -0.2) is 13.4 Å². The SMILES string of the molecule is CS(=O)(=O)Nc1cccc(C=C2c3ccc(Cl)cc3CCc3ncsc32)c1. The molecule has 1 heterocycles. The van der Waals surface area contributed by atoms with Crippen molar-refractivity contribution in [3.05, 3.63) is 80.3 Å². The van der Waals surface area contributed by atoms with Crippen LogP contribution in [0.15, 0.2) is 48.0 Å². The number of thiazole rings is 1. The van der Waals surface area contributed by atoms with Crippen molar-refractivity contribution in [1.29, 1.82) is 0 Å². The fourth-order valence-corrected chi connectivity index (χ4v) is 4.91. The number of sulfonamides is 1. The Morgan fingerprint density at radius 3 is 2.85 bits per heavy atom. The van der Waals surface area contributed by atoms with E-state index in [1.54, 1.807) is 17.4 Å². The van der Waals surface area contributed by atoms with Gasteiger partial charge in [-0.05, 0) is 59.9 Å². The Labute approximate surface area is 167 Å². The van der Waals surface area contributed by atoms with E-state index >= 15 is 0 Å². The van der Waals surface area contributed by atoms with Gasteiger partial charge in [0.2, 0.25) is 10.0 Å². The minimum atomic E-state index is -3.32. The lowest BCUT2D eigenvalue weighted by atomic mass is 9.97. The second kappa shape index (κ2) is 7.11. The summed E-state index contributed by atoms with van der Waals surface area (Å²) in [6.45, 7) is 0. The Morgan fingerprint density at radius 2 is 2.04 bits per heavy atom. The maximum absolute atomic E-state index is 11.5. The van der Waals surface area contributed by atoms with Crippen LogP contribution in [0.1, 0.15) is 27.3 Å². The summed E-state index contributed by atoms with van der Waals surface area (Å²) in [6, 6.07) is 13.3. The first-order valence-corrected chi connectivity index (χ1v) is 11.5. The average Bonchev–Trinajstić information content (AvgIpc) is 3.00. The molecule has 1 N–H and O–H groups in total. The van der Waals surface area contributed by atoms with E-state index in [0.717, 1.165) is 51.4 Å². The molecule has 4 nitrogen and oxygen atoms in total. The summed E-state index contributed by atoms with van der Waals surface area (Å²) in [6.07, 6.45) is 4.99. The number of nitrogens with one attached hydrogen (secondary N) is 1. The molecule has 4 rings (SSSR count). The number of hydrogen-bond donors (Lipinski definition) is 1. The number of nitrogens with zero attached hydrogens (tertiary/aromatic N) is 1. The van der Waals surface area contributed by atoms with Crippen LogP contribution in [0.2, 0.25) is 5.02 Å². The van der Waals surface area contributed by atoms with Crippen molar-refractivity contribution < 1.29 is 8.42 Å². The zero-order valence-electron chi connectivity index (χ0n) is 14.6. The summed E-state index contributed by atoms with van der Waals surface area (Å²) in [5.41, 5.74) is 7.86. The Kier molecular flexibility index (Phi) is 4.80. The van der Waals surface area contributed by atoms with Gasteiger partial charge in [0.1, 0.15) is 0 Å². The molecule has 0 spiro atoms. The summed E-state index contributed by atoms with van der Waals surface area (Å²) >= 11 is 7.83. The number of fused-ring (bicyclic) bond motifs is 2.